The van der Waals surface area contributed by atoms with Crippen molar-refractivity contribution in [3.63, 3.8) is 0 Å². The zero-order chi connectivity index (χ0) is 18.2. The van der Waals surface area contributed by atoms with E-state index >= 15 is 0 Å². The molecule has 25 heavy (non-hydrogen) atoms. The van der Waals surface area contributed by atoms with Gasteiger partial charge in [0.2, 0.25) is 0 Å². The van der Waals surface area contributed by atoms with Crippen LogP contribution < -0.4 is 10.0 Å². The van der Waals surface area contributed by atoms with Crippen LogP contribution in [0.2, 0.25) is 0 Å². The molecule has 0 unspecified atom stereocenters. The smallest absolute Gasteiger partial charge is 0.190 e. The Labute approximate surface area is 152 Å². The maximum absolute atomic E-state index is 10.8. The molecule has 0 aliphatic rings. The number of carbonyl (C=O) groups is 1. The first-order valence-electron chi connectivity index (χ1n) is 8.04. The Morgan fingerprint density at radius 2 is 2.00 bits per heavy atom. The number of rotatable bonds is 9. The van der Waals surface area contributed by atoms with Gasteiger partial charge >= 0.3 is 0 Å². The SMILES string of the molecule is CCCN(C)c1cc(COC)nc(SCc2ccc(C(=O)[O-])cc2)n1. The molecule has 0 bridgehead atoms. The van der Waals surface area contributed by atoms with Crippen LogP contribution in [0.1, 0.15) is 35.0 Å². The van der Waals surface area contributed by atoms with Crippen molar-refractivity contribution in [2.24, 2.45) is 0 Å². The highest BCUT2D eigenvalue weighted by molar-refractivity contribution is 7.98. The number of hydrogen-bond acceptors (Lipinski definition) is 7. The third-order valence-corrected chi connectivity index (χ3v) is 4.46. The van der Waals surface area contributed by atoms with Crippen molar-refractivity contribution in [3.05, 3.63) is 47.2 Å². The largest absolute Gasteiger partial charge is 0.545 e. The van der Waals surface area contributed by atoms with Crippen LogP contribution in [0, 0.1) is 0 Å². The second-order valence-electron chi connectivity index (χ2n) is 5.63. The second-order valence-corrected chi connectivity index (χ2v) is 6.57. The molecule has 0 saturated heterocycles. The Bertz CT molecular complexity index is 707. The van der Waals surface area contributed by atoms with Gasteiger partial charge in [-0.3, -0.25) is 0 Å². The summed E-state index contributed by atoms with van der Waals surface area (Å²) in [5.41, 5.74) is 2.01. The molecule has 6 nitrogen and oxygen atoms in total. The van der Waals surface area contributed by atoms with Gasteiger partial charge in [-0.15, -0.1) is 0 Å². The number of hydrogen-bond donors (Lipinski definition) is 0. The van der Waals surface area contributed by atoms with Gasteiger partial charge in [0.05, 0.1) is 18.3 Å². The van der Waals surface area contributed by atoms with Gasteiger partial charge < -0.3 is 19.5 Å². The highest BCUT2D eigenvalue weighted by Crippen LogP contribution is 2.23. The van der Waals surface area contributed by atoms with Crippen LogP contribution in [0.25, 0.3) is 0 Å². The predicted octanol–water partition coefficient (Wildman–Crippen LogP) is 2.12. The lowest BCUT2D eigenvalue weighted by Crippen LogP contribution is -2.21. The summed E-state index contributed by atoms with van der Waals surface area (Å²) in [6, 6.07) is 8.60. The van der Waals surface area contributed by atoms with Gasteiger partial charge in [-0.25, -0.2) is 9.97 Å². The molecule has 1 aromatic heterocycles. The molecule has 0 aliphatic heterocycles. The molecule has 0 N–H and O–H groups in total. The van der Waals surface area contributed by atoms with Crippen LogP contribution >= 0.6 is 11.8 Å². The van der Waals surface area contributed by atoms with E-state index in [4.69, 9.17) is 4.74 Å². The topological polar surface area (TPSA) is 78.4 Å². The number of carbonyl (C=O) groups excluding carboxylic acids is 1. The lowest BCUT2D eigenvalue weighted by atomic mass is 10.1. The van der Waals surface area contributed by atoms with E-state index in [1.807, 2.05) is 13.1 Å². The van der Waals surface area contributed by atoms with Crippen molar-refractivity contribution < 1.29 is 14.6 Å². The third kappa shape index (κ3) is 5.72. The summed E-state index contributed by atoms with van der Waals surface area (Å²) >= 11 is 1.51. The second kappa shape index (κ2) is 9.39. The Morgan fingerprint density at radius 3 is 2.60 bits per heavy atom. The summed E-state index contributed by atoms with van der Waals surface area (Å²) in [5.74, 6) is 0.359. The maximum Gasteiger partial charge on any atom is 0.190 e. The van der Waals surface area contributed by atoms with Crippen molar-refractivity contribution in [1.29, 1.82) is 0 Å². The molecule has 1 heterocycles. The average Bonchev–Trinajstić information content (AvgIpc) is 2.60. The van der Waals surface area contributed by atoms with Crippen LogP contribution in [0.3, 0.4) is 0 Å². The average molecular weight is 360 g/mol. The Kier molecular flexibility index (Phi) is 7.21. The van der Waals surface area contributed by atoms with E-state index < -0.39 is 5.97 Å². The minimum atomic E-state index is -1.17. The number of anilines is 1. The zero-order valence-electron chi connectivity index (χ0n) is 14.7. The number of benzene rings is 1. The first-order chi connectivity index (χ1) is 12.0. The molecule has 0 aliphatic carbocycles. The molecule has 0 spiro atoms. The van der Waals surface area contributed by atoms with E-state index in [0.29, 0.717) is 17.5 Å². The van der Waals surface area contributed by atoms with Crippen LogP contribution in [0.15, 0.2) is 35.5 Å². The molecule has 2 aromatic rings. The first-order valence-corrected chi connectivity index (χ1v) is 9.03. The summed E-state index contributed by atoms with van der Waals surface area (Å²) in [6.07, 6.45) is 1.04. The molecular formula is C18H22N3O3S-. The van der Waals surface area contributed by atoms with E-state index in [2.05, 4.69) is 21.8 Å². The number of thioether (sulfide) groups is 1. The molecule has 0 radical (unpaired) electrons. The lowest BCUT2D eigenvalue weighted by molar-refractivity contribution is -0.255. The van der Waals surface area contributed by atoms with E-state index in [1.54, 1.807) is 31.4 Å². The summed E-state index contributed by atoms with van der Waals surface area (Å²) in [7, 11) is 3.65. The standard InChI is InChI=1S/C18H23N3O3S/c1-4-9-21(2)16-10-15(11-24-3)19-18(20-16)25-12-13-5-7-14(8-6-13)17(22)23/h5-8,10H,4,9,11-12H2,1-3H3,(H,22,23)/p-1. The van der Waals surface area contributed by atoms with Crippen molar-refractivity contribution in [2.45, 2.75) is 30.9 Å². The molecule has 1 aromatic carbocycles. The fourth-order valence-electron chi connectivity index (χ4n) is 2.28. The number of aromatic nitrogens is 2. The van der Waals surface area contributed by atoms with Gasteiger partial charge in [0.25, 0.3) is 0 Å². The number of methoxy groups -OCH3 is 1. The molecule has 0 amide bonds. The normalized spacial score (nSPS) is 10.7. The van der Waals surface area contributed by atoms with E-state index in [1.165, 1.54) is 11.8 Å². The molecule has 0 saturated carbocycles. The Morgan fingerprint density at radius 1 is 1.28 bits per heavy atom. The number of nitrogens with zero attached hydrogens (tertiary/aromatic N) is 3. The summed E-state index contributed by atoms with van der Waals surface area (Å²) in [4.78, 5) is 22.0. The van der Waals surface area contributed by atoms with Gasteiger partial charge in [0.1, 0.15) is 5.82 Å². The van der Waals surface area contributed by atoms with Crippen molar-refractivity contribution >= 4 is 23.5 Å². The molecular weight excluding hydrogens is 338 g/mol. The summed E-state index contributed by atoms with van der Waals surface area (Å²) in [5, 5.41) is 11.5. The Hall–Kier alpha value is -2.12. The highest BCUT2D eigenvalue weighted by atomic mass is 32.2. The highest BCUT2D eigenvalue weighted by Gasteiger charge is 2.09. The predicted molar refractivity (Wildman–Crippen MR) is 96.6 cm³/mol. The number of ether oxygens (including phenoxy) is 1. The number of carboxylic acids is 1. The van der Waals surface area contributed by atoms with Crippen molar-refractivity contribution in [3.8, 4) is 0 Å². The van der Waals surface area contributed by atoms with Crippen LogP contribution in [0.4, 0.5) is 5.82 Å². The van der Waals surface area contributed by atoms with Gasteiger partial charge in [-0.05, 0) is 17.5 Å². The summed E-state index contributed by atoms with van der Waals surface area (Å²) in [6.45, 7) is 3.47. The molecule has 7 heteroatoms. The van der Waals surface area contributed by atoms with Crippen LogP contribution in [-0.4, -0.2) is 36.6 Å². The number of carboxylic acid groups (broad SMARTS) is 1. The van der Waals surface area contributed by atoms with Crippen molar-refractivity contribution in [1.82, 2.24) is 9.97 Å². The number of aromatic carboxylic acids is 1. The first kappa shape index (κ1) is 19.2. The quantitative estimate of drug-likeness (QED) is 0.501. The molecule has 134 valence electrons. The fourth-order valence-corrected chi connectivity index (χ4v) is 3.10. The molecule has 2 rings (SSSR count). The van der Waals surface area contributed by atoms with Gasteiger partial charge in [-0.2, -0.15) is 0 Å². The van der Waals surface area contributed by atoms with E-state index in [0.717, 1.165) is 30.0 Å². The minimum absolute atomic E-state index is 0.176. The van der Waals surface area contributed by atoms with Gasteiger partial charge in [0.15, 0.2) is 5.16 Å². The van der Waals surface area contributed by atoms with E-state index in [9.17, 15) is 9.90 Å². The van der Waals surface area contributed by atoms with Gasteiger partial charge in [0, 0.05) is 32.5 Å². The molecule has 0 fully saturated rings. The third-order valence-electron chi connectivity index (χ3n) is 3.55. The fraction of sp³-hybridized carbons (Fsp3) is 0.389. The van der Waals surface area contributed by atoms with E-state index in [-0.39, 0.29) is 5.56 Å². The lowest BCUT2D eigenvalue weighted by Gasteiger charge is -2.18. The van der Waals surface area contributed by atoms with Crippen LogP contribution in [-0.2, 0) is 17.1 Å². The Balaban J connectivity index is 2.12. The maximum atomic E-state index is 10.8. The van der Waals surface area contributed by atoms with Crippen molar-refractivity contribution in [2.75, 3.05) is 25.6 Å². The molecule has 0 atom stereocenters. The summed E-state index contributed by atoms with van der Waals surface area (Å²) < 4.78 is 5.20. The minimum Gasteiger partial charge on any atom is -0.545 e. The van der Waals surface area contributed by atoms with Crippen LogP contribution in [0.5, 0.6) is 0 Å². The monoisotopic (exact) mass is 360 g/mol. The zero-order valence-corrected chi connectivity index (χ0v) is 15.5. The van der Waals surface area contributed by atoms with Gasteiger partial charge in [-0.1, -0.05) is 43.0 Å².